The van der Waals surface area contributed by atoms with E-state index in [1.54, 1.807) is 17.8 Å². The van der Waals surface area contributed by atoms with Gasteiger partial charge < -0.3 is 11.1 Å². The number of anilines is 1. The zero-order valence-electron chi connectivity index (χ0n) is 21.3. The number of rotatable bonds is 6. The molecule has 41 heavy (non-hydrogen) atoms. The van der Waals surface area contributed by atoms with E-state index in [0.717, 1.165) is 12.1 Å². The maximum absolute atomic E-state index is 13.8. The number of pyridine rings is 1. The highest BCUT2D eigenvalue weighted by Gasteiger charge is 2.36. The number of nitrogens with zero attached hydrogens (tertiary/aromatic N) is 6. The first kappa shape index (κ1) is 28.5. The molecular formula is C24H18BrF5N8O2S. The van der Waals surface area contributed by atoms with Crippen LogP contribution in [0.2, 0.25) is 0 Å². The molecule has 3 N–H and O–H groups in total. The number of halogens is 6. The Kier molecular flexibility index (Phi) is 7.05. The fraction of sp³-hybridized carbons (Fsp3) is 0.250. The maximum atomic E-state index is 13.8. The average Bonchev–Trinajstić information content (AvgIpc) is 3.55. The first-order valence-corrected chi connectivity index (χ1v) is 13.4. The van der Waals surface area contributed by atoms with E-state index < -0.39 is 41.5 Å². The number of aromatic nitrogens is 6. The van der Waals surface area contributed by atoms with Crippen molar-refractivity contribution in [1.82, 2.24) is 29.4 Å². The second-order valence-corrected chi connectivity index (χ2v) is 10.7. The number of aryl methyl sites for hydroxylation is 3. The molecule has 0 aliphatic rings. The molecule has 0 saturated carbocycles. The average molecular weight is 657 g/mol. The van der Waals surface area contributed by atoms with E-state index in [1.807, 2.05) is 6.92 Å². The molecule has 5 aromatic heterocycles. The second-order valence-electron chi connectivity index (χ2n) is 8.86. The van der Waals surface area contributed by atoms with Crippen LogP contribution in [0, 0.1) is 13.8 Å². The van der Waals surface area contributed by atoms with E-state index in [0.29, 0.717) is 33.7 Å². The van der Waals surface area contributed by atoms with Gasteiger partial charge in [-0.15, -0.1) is 11.3 Å². The molecule has 5 aromatic rings. The van der Waals surface area contributed by atoms with Gasteiger partial charge in [0.1, 0.15) is 21.1 Å². The third-order valence-corrected chi connectivity index (χ3v) is 7.92. The molecule has 17 heteroatoms. The van der Waals surface area contributed by atoms with Crippen LogP contribution in [0.4, 0.5) is 27.6 Å². The summed E-state index contributed by atoms with van der Waals surface area (Å²) < 4.78 is 70.6. The van der Waals surface area contributed by atoms with E-state index >= 15 is 0 Å². The number of nitrogens with one attached hydrogen (secondary N) is 1. The Morgan fingerprint density at radius 2 is 1.85 bits per heavy atom. The lowest BCUT2D eigenvalue weighted by Gasteiger charge is -2.10. The molecule has 0 saturated heterocycles. The number of primary amides is 1. The van der Waals surface area contributed by atoms with Crippen molar-refractivity contribution < 1.29 is 31.5 Å². The summed E-state index contributed by atoms with van der Waals surface area (Å²) in [5, 5.41) is 10.8. The SMILES string of the molecule is CCn1cc(-c2cc(C(F)F)nc3sc(C(N)=O)c(NC(=O)c4nn5c(C(F)(F)F)cc(C)nc5c4Br)c23)c(C)n1. The molecule has 0 radical (unpaired) electrons. The van der Waals surface area contributed by atoms with Crippen molar-refractivity contribution in [3.8, 4) is 11.1 Å². The van der Waals surface area contributed by atoms with E-state index in [4.69, 9.17) is 5.73 Å². The summed E-state index contributed by atoms with van der Waals surface area (Å²) in [7, 11) is 0. The number of carbonyl (C=O) groups is 2. The van der Waals surface area contributed by atoms with Gasteiger partial charge in [-0.25, -0.2) is 23.3 Å². The Bertz CT molecular complexity index is 1880. The van der Waals surface area contributed by atoms with Crippen LogP contribution >= 0.6 is 27.3 Å². The van der Waals surface area contributed by atoms with Gasteiger partial charge in [-0.2, -0.15) is 23.4 Å². The number of hydrogen-bond acceptors (Lipinski definition) is 7. The highest BCUT2D eigenvalue weighted by molar-refractivity contribution is 9.10. The minimum atomic E-state index is -4.81. The lowest BCUT2D eigenvalue weighted by atomic mass is 10.0. The van der Waals surface area contributed by atoms with Gasteiger partial charge in [-0.05, 0) is 54.4 Å². The van der Waals surface area contributed by atoms with Gasteiger partial charge in [0.15, 0.2) is 11.3 Å². The van der Waals surface area contributed by atoms with Gasteiger partial charge in [0.05, 0.1) is 15.9 Å². The van der Waals surface area contributed by atoms with E-state index in [-0.39, 0.29) is 42.2 Å². The fourth-order valence-corrected chi connectivity index (χ4v) is 5.84. The summed E-state index contributed by atoms with van der Waals surface area (Å²) >= 11 is 3.80. The smallest absolute Gasteiger partial charge is 0.365 e. The van der Waals surface area contributed by atoms with Crippen molar-refractivity contribution in [1.29, 1.82) is 0 Å². The van der Waals surface area contributed by atoms with Gasteiger partial charge in [0.25, 0.3) is 18.2 Å². The number of fused-ring (bicyclic) bond motifs is 2. The van der Waals surface area contributed by atoms with Crippen LogP contribution in [0.3, 0.4) is 0 Å². The Balaban J connectivity index is 1.73. The minimum Gasteiger partial charge on any atom is -0.365 e. The summed E-state index contributed by atoms with van der Waals surface area (Å²) in [6.07, 6.45) is -6.14. The highest BCUT2D eigenvalue weighted by atomic mass is 79.9. The fourth-order valence-electron chi connectivity index (χ4n) is 4.31. The third-order valence-electron chi connectivity index (χ3n) is 6.09. The largest absolute Gasteiger partial charge is 0.433 e. The standard InChI is InChI=1S/C24H18BrF5N8O2S/c1-4-37-7-11(9(3)35-37)10-6-12(19(26)27)33-23-14(10)16(18(41-23)20(31)39)34-22(40)17-15(25)21-32-8(2)5-13(24(28,29)30)38(21)36-17/h5-7,19H,4H2,1-3H3,(H2,31,39)(H,34,40). The topological polar surface area (TPSA) is 133 Å². The molecule has 10 nitrogen and oxygen atoms in total. The quantitative estimate of drug-likeness (QED) is 0.218. The molecule has 0 aromatic carbocycles. The van der Waals surface area contributed by atoms with E-state index in [2.05, 4.69) is 41.4 Å². The maximum Gasteiger partial charge on any atom is 0.433 e. The van der Waals surface area contributed by atoms with Gasteiger partial charge in [0, 0.05) is 29.4 Å². The number of amides is 2. The number of thiophene rings is 1. The van der Waals surface area contributed by atoms with Crippen LogP contribution in [0.1, 0.15) is 56.3 Å². The number of carbonyl (C=O) groups excluding carboxylic acids is 2. The predicted octanol–water partition coefficient (Wildman–Crippen LogP) is 5.91. The number of nitrogens with two attached hydrogens (primary N) is 1. The normalized spacial score (nSPS) is 12.1. The van der Waals surface area contributed by atoms with Crippen LogP contribution in [0.25, 0.3) is 27.0 Å². The van der Waals surface area contributed by atoms with Gasteiger partial charge in [-0.1, -0.05) is 0 Å². The Hall–Kier alpha value is -3.99. The van der Waals surface area contributed by atoms with Crippen molar-refractivity contribution in [3.05, 3.63) is 56.1 Å². The number of alkyl halides is 5. The molecule has 5 heterocycles. The second kappa shape index (κ2) is 10.1. The number of hydrogen-bond donors (Lipinski definition) is 2. The third kappa shape index (κ3) is 4.92. The molecule has 214 valence electrons. The molecule has 0 spiro atoms. The molecule has 0 aliphatic carbocycles. The Labute approximate surface area is 239 Å². The van der Waals surface area contributed by atoms with Gasteiger partial charge >= 0.3 is 6.18 Å². The molecule has 0 aliphatic heterocycles. The lowest BCUT2D eigenvalue weighted by Crippen LogP contribution is -2.18. The Morgan fingerprint density at radius 1 is 1.15 bits per heavy atom. The summed E-state index contributed by atoms with van der Waals surface area (Å²) in [4.78, 5) is 33.7. The van der Waals surface area contributed by atoms with Crippen LogP contribution in [0.5, 0.6) is 0 Å². The summed E-state index contributed by atoms with van der Waals surface area (Å²) in [5.41, 5.74) is 4.10. The van der Waals surface area contributed by atoms with Crippen LogP contribution < -0.4 is 11.1 Å². The monoisotopic (exact) mass is 656 g/mol. The van der Waals surface area contributed by atoms with Crippen molar-refractivity contribution in [3.63, 3.8) is 0 Å². The van der Waals surface area contributed by atoms with Crippen LogP contribution in [0.15, 0.2) is 22.8 Å². The molecule has 0 atom stereocenters. The molecule has 0 fully saturated rings. The molecular weight excluding hydrogens is 639 g/mol. The van der Waals surface area contributed by atoms with E-state index in [1.165, 1.54) is 6.92 Å². The zero-order chi connectivity index (χ0) is 30.0. The highest BCUT2D eigenvalue weighted by Crippen LogP contribution is 2.43. The van der Waals surface area contributed by atoms with Gasteiger partial charge in [0.2, 0.25) is 0 Å². The van der Waals surface area contributed by atoms with E-state index in [9.17, 15) is 31.5 Å². The van der Waals surface area contributed by atoms with Crippen molar-refractivity contribution >= 4 is 60.6 Å². The van der Waals surface area contributed by atoms with Crippen molar-refractivity contribution in [2.75, 3.05) is 5.32 Å². The summed E-state index contributed by atoms with van der Waals surface area (Å²) in [6, 6.07) is 1.91. The summed E-state index contributed by atoms with van der Waals surface area (Å²) in [6.45, 7) is 5.33. The molecule has 0 bridgehead atoms. The van der Waals surface area contributed by atoms with Gasteiger partial charge in [-0.3, -0.25) is 14.3 Å². The van der Waals surface area contributed by atoms with Crippen LogP contribution in [-0.2, 0) is 12.7 Å². The first-order chi connectivity index (χ1) is 19.2. The molecule has 0 unspecified atom stereocenters. The van der Waals surface area contributed by atoms with Crippen molar-refractivity contribution in [2.45, 2.75) is 39.9 Å². The first-order valence-electron chi connectivity index (χ1n) is 11.7. The lowest BCUT2D eigenvalue weighted by molar-refractivity contribution is -0.142. The Morgan fingerprint density at radius 3 is 2.44 bits per heavy atom. The van der Waals surface area contributed by atoms with Crippen molar-refractivity contribution in [2.24, 2.45) is 5.73 Å². The molecule has 2 amide bonds. The zero-order valence-corrected chi connectivity index (χ0v) is 23.7. The molecule has 5 rings (SSSR count). The minimum absolute atomic E-state index is 0.0173. The van der Waals surface area contributed by atoms with Crippen LogP contribution in [-0.4, -0.2) is 41.2 Å². The summed E-state index contributed by atoms with van der Waals surface area (Å²) in [5.74, 6) is -2.00. The predicted molar refractivity (Wildman–Crippen MR) is 143 cm³/mol.